The van der Waals surface area contributed by atoms with Crippen molar-refractivity contribution in [1.82, 2.24) is 15.1 Å². The van der Waals surface area contributed by atoms with Crippen LogP contribution in [-0.4, -0.2) is 90.1 Å². The van der Waals surface area contributed by atoms with Gasteiger partial charge in [0, 0.05) is 56.9 Å². The maximum atomic E-state index is 13.7. The van der Waals surface area contributed by atoms with Gasteiger partial charge in [0.25, 0.3) is 0 Å². The molecular weight excluding hydrogens is 486 g/mol. The van der Waals surface area contributed by atoms with Gasteiger partial charge in [-0.1, -0.05) is 6.07 Å². The summed E-state index contributed by atoms with van der Waals surface area (Å²) in [5.41, 5.74) is 1.84. The fraction of sp³-hybridized carbons (Fsp3) is 0.643. The van der Waals surface area contributed by atoms with Gasteiger partial charge in [0.2, 0.25) is 17.7 Å². The largest absolute Gasteiger partial charge is 0.444 e. The molecule has 1 aromatic rings. The minimum absolute atomic E-state index is 0.00250. The molecule has 6 rings (SSSR count). The molecule has 4 heterocycles. The second kappa shape index (κ2) is 8.43. The minimum atomic E-state index is -0.641. The molecule has 1 atom stereocenters. The van der Waals surface area contributed by atoms with Gasteiger partial charge in [-0.15, -0.1) is 0 Å². The highest BCUT2D eigenvalue weighted by molar-refractivity contribution is 6.16. The zero-order valence-corrected chi connectivity index (χ0v) is 22.7. The van der Waals surface area contributed by atoms with Gasteiger partial charge < -0.3 is 14.5 Å². The van der Waals surface area contributed by atoms with Crippen molar-refractivity contribution in [2.75, 3.05) is 49.1 Å². The van der Waals surface area contributed by atoms with E-state index >= 15 is 0 Å². The molecule has 0 bridgehead atoms. The number of hydrogen-bond donors (Lipinski definition) is 1. The Morgan fingerprint density at radius 1 is 1.03 bits per heavy atom. The van der Waals surface area contributed by atoms with E-state index in [0.717, 1.165) is 56.0 Å². The first-order valence-electron chi connectivity index (χ1n) is 13.7. The molecule has 1 saturated carbocycles. The summed E-state index contributed by atoms with van der Waals surface area (Å²) in [5, 5.41) is 2.41. The first-order chi connectivity index (χ1) is 17.9. The summed E-state index contributed by atoms with van der Waals surface area (Å²) >= 11 is 0. The number of rotatable bonds is 3. The van der Waals surface area contributed by atoms with Gasteiger partial charge in [-0.2, -0.15) is 0 Å². The third-order valence-electron chi connectivity index (χ3n) is 8.76. The maximum Gasteiger partial charge on any atom is 0.410 e. The number of amides is 4. The van der Waals surface area contributed by atoms with Crippen molar-refractivity contribution in [2.45, 2.75) is 76.0 Å². The molecular formula is C28H37N5O5. The van der Waals surface area contributed by atoms with Crippen LogP contribution >= 0.6 is 0 Å². The normalized spacial score (nSPS) is 26.3. The zero-order valence-electron chi connectivity index (χ0n) is 22.7. The number of nitrogens with zero attached hydrogens (tertiary/aromatic N) is 4. The summed E-state index contributed by atoms with van der Waals surface area (Å²) in [5.74, 6) is -0.663. The first kappa shape index (κ1) is 25.2. The van der Waals surface area contributed by atoms with Crippen molar-refractivity contribution >= 4 is 35.2 Å². The molecule has 1 aromatic carbocycles. The van der Waals surface area contributed by atoms with Crippen molar-refractivity contribution in [1.29, 1.82) is 0 Å². The van der Waals surface area contributed by atoms with E-state index < -0.39 is 17.1 Å². The van der Waals surface area contributed by atoms with Crippen LogP contribution in [0.1, 0.15) is 58.9 Å². The Kier molecular flexibility index (Phi) is 5.58. The Morgan fingerprint density at radius 2 is 1.68 bits per heavy atom. The van der Waals surface area contributed by atoms with Crippen molar-refractivity contribution < 1.29 is 23.9 Å². The predicted octanol–water partition coefficient (Wildman–Crippen LogP) is 2.00. The second-order valence-corrected chi connectivity index (χ2v) is 12.7. The van der Waals surface area contributed by atoms with E-state index in [2.05, 4.69) is 28.1 Å². The predicted molar refractivity (Wildman–Crippen MR) is 141 cm³/mol. The zero-order chi connectivity index (χ0) is 27.0. The topological polar surface area (TPSA) is 102 Å². The number of carbonyl (C=O) groups excluding carboxylic acids is 4. The van der Waals surface area contributed by atoms with Crippen molar-refractivity contribution in [3.63, 3.8) is 0 Å². The number of carbonyl (C=O) groups is 4. The van der Waals surface area contributed by atoms with Gasteiger partial charge >= 0.3 is 6.09 Å². The molecule has 3 saturated heterocycles. The highest BCUT2D eigenvalue weighted by Gasteiger charge is 2.62. The Labute approximate surface area is 223 Å². The van der Waals surface area contributed by atoms with Crippen LogP contribution < -0.4 is 15.1 Å². The number of anilines is 2. The highest BCUT2D eigenvalue weighted by atomic mass is 16.6. The Bertz CT molecular complexity index is 1200. The van der Waals surface area contributed by atoms with Crippen molar-refractivity contribution in [3.8, 4) is 0 Å². The van der Waals surface area contributed by atoms with E-state index in [0.29, 0.717) is 19.5 Å². The fourth-order valence-electron chi connectivity index (χ4n) is 6.68. The summed E-state index contributed by atoms with van der Waals surface area (Å²) in [4.78, 5) is 58.8. The molecule has 5 aliphatic rings. The molecule has 10 heteroatoms. The van der Waals surface area contributed by atoms with Gasteiger partial charge in [-0.05, 0) is 59.1 Å². The van der Waals surface area contributed by atoms with Crippen LogP contribution in [0.4, 0.5) is 16.2 Å². The molecule has 10 nitrogen and oxygen atoms in total. The maximum absolute atomic E-state index is 13.7. The van der Waals surface area contributed by atoms with E-state index in [-0.39, 0.29) is 35.8 Å². The number of ether oxygens (including phenoxy) is 1. The average Bonchev–Trinajstić information content (AvgIpc) is 3.60. The number of likely N-dealkylation sites (tertiary alicyclic amines) is 1. The summed E-state index contributed by atoms with van der Waals surface area (Å²) in [6.45, 7) is 12.5. The van der Waals surface area contributed by atoms with Crippen LogP contribution in [0.15, 0.2) is 18.2 Å². The molecule has 38 heavy (non-hydrogen) atoms. The fourth-order valence-corrected chi connectivity index (χ4v) is 6.68. The molecule has 1 aliphatic carbocycles. The molecule has 0 radical (unpaired) electrons. The summed E-state index contributed by atoms with van der Waals surface area (Å²) in [7, 11) is 0. The lowest BCUT2D eigenvalue weighted by Crippen LogP contribution is -2.72. The summed E-state index contributed by atoms with van der Waals surface area (Å²) in [6, 6.07) is 5.38. The van der Waals surface area contributed by atoms with Gasteiger partial charge in [0.05, 0.1) is 16.6 Å². The Morgan fingerprint density at radius 3 is 2.29 bits per heavy atom. The number of piperazine rings is 1. The van der Waals surface area contributed by atoms with Crippen molar-refractivity contribution in [2.24, 2.45) is 0 Å². The number of fused-ring (bicyclic) bond motifs is 2. The molecule has 1 N–H and O–H groups in total. The van der Waals surface area contributed by atoms with Crippen molar-refractivity contribution in [3.05, 3.63) is 23.8 Å². The SMILES string of the molecule is CC(C)(C)OC(=O)N1CC(C)(N2CCN(c3cccc4c3C3(CC3)C(=O)N4C3CCC(=O)NC3=O)CC2)C1. The van der Waals surface area contributed by atoms with Crippen LogP contribution in [0.3, 0.4) is 0 Å². The van der Waals surface area contributed by atoms with E-state index in [1.165, 1.54) is 0 Å². The smallest absolute Gasteiger partial charge is 0.410 e. The van der Waals surface area contributed by atoms with Crippen LogP contribution in [-0.2, 0) is 24.5 Å². The summed E-state index contributed by atoms with van der Waals surface area (Å²) in [6.07, 6.45) is 1.92. The number of imide groups is 1. The molecule has 1 spiro atoms. The highest BCUT2D eigenvalue weighted by Crippen LogP contribution is 2.61. The third kappa shape index (κ3) is 3.95. The minimum Gasteiger partial charge on any atom is -0.444 e. The summed E-state index contributed by atoms with van der Waals surface area (Å²) < 4.78 is 5.53. The van der Waals surface area contributed by atoms with Crippen LogP contribution in [0.2, 0.25) is 0 Å². The second-order valence-electron chi connectivity index (χ2n) is 12.7. The molecule has 1 unspecified atom stereocenters. The van der Waals surface area contributed by atoms with Gasteiger partial charge in [-0.25, -0.2) is 4.79 Å². The molecule has 4 aliphatic heterocycles. The molecule has 4 fully saturated rings. The molecule has 204 valence electrons. The van der Waals surface area contributed by atoms with E-state index in [1.807, 2.05) is 32.9 Å². The van der Waals surface area contributed by atoms with Crippen LogP contribution in [0, 0.1) is 0 Å². The van der Waals surface area contributed by atoms with E-state index in [4.69, 9.17) is 4.74 Å². The monoisotopic (exact) mass is 523 g/mol. The average molecular weight is 524 g/mol. The lowest BCUT2D eigenvalue weighted by Gasteiger charge is -2.55. The lowest BCUT2D eigenvalue weighted by atomic mass is 9.89. The van der Waals surface area contributed by atoms with Gasteiger partial charge in [-0.3, -0.25) is 29.5 Å². The standard InChI is InChI=1S/C28H37N5O5/c1-26(2,3)38-25(37)31-16-27(4,17-31)32-14-12-30(13-15-32)18-6-5-7-19-22(18)28(10-11-28)24(36)33(19)20-8-9-21(34)29-23(20)35/h5-7,20H,8-17H2,1-4H3,(H,29,34,35). The van der Waals surface area contributed by atoms with Crippen LogP contribution in [0.5, 0.6) is 0 Å². The quantitative estimate of drug-likeness (QED) is 0.605. The molecule has 4 amide bonds. The van der Waals surface area contributed by atoms with E-state index in [9.17, 15) is 19.2 Å². The first-order valence-corrected chi connectivity index (χ1v) is 13.7. The van der Waals surface area contributed by atoms with E-state index in [1.54, 1.807) is 9.80 Å². The Balaban J connectivity index is 1.17. The Hall–Kier alpha value is -3.14. The lowest BCUT2D eigenvalue weighted by molar-refractivity contribution is -0.135. The van der Waals surface area contributed by atoms with Gasteiger partial charge in [0.15, 0.2) is 0 Å². The number of piperidine rings is 1. The third-order valence-corrected chi connectivity index (χ3v) is 8.76. The number of hydrogen-bond acceptors (Lipinski definition) is 7. The number of benzene rings is 1. The van der Waals surface area contributed by atoms with Crippen LogP contribution in [0.25, 0.3) is 0 Å². The number of nitrogens with one attached hydrogen (secondary N) is 1. The molecule has 0 aromatic heterocycles. The van der Waals surface area contributed by atoms with Gasteiger partial charge in [0.1, 0.15) is 11.6 Å².